The number of nitrogens with one attached hydrogen (secondary N) is 2. The number of urea groups is 1. The molecule has 3 aromatic carbocycles. The molecule has 2 N–H and O–H groups in total. The Morgan fingerprint density at radius 2 is 1.47 bits per heavy atom. The van der Waals surface area contributed by atoms with Gasteiger partial charge in [-0.1, -0.05) is 36.4 Å². The maximum absolute atomic E-state index is 12.7. The van der Waals surface area contributed by atoms with Crippen molar-refractivity contribution >= 4 is 11.7 Å². The third kappa shape index (κ3) is 4.22. The quantitative estimate of drug-likeness (QED) is 0.561. The summed E-state index contributed by atoms with van der Waals surface area (Å²) in [6, 6.07) is 22.3. The van der Waals surface area contributed by atoms with Crippen molar-refractivity contribution in [3.63, 3.8) is 0 Å². The lowest BCUT2D eigenvalue weighted by molar-refractivity contribution is -0.137. The summed E-state index contributed by atoms with van der Waals surface area (Å²) in [5.74, 6) is 0.296. The summed E-state index contributed by atoms with van der Waals surface area (Å²) in [5.41, 5.74) is 3.53. The van der Waals surface area contributed by atoms with Gasteiger partial charge in [-0.3, -0.25) is 0 Å². The van der Waals surface area contributed by atoms with E-state index in [4.69, 9.17) is 5.26 Å². The molecule has 0 radical (unpaired) electrons. The van der Waals surface area contributed by atoms with E-state index in [0.29, 0.717) is 30.3 Å². The van der Waals surface area contributed by atoms with E-state index in [0.717, 1.165) is 23.3 Å². The van der Waals surface area contributed by atoms with E-state index in [1.165, 1.54) is 17.7 Å². The van der Waals surface area contributed by atoms with Crippen LogP contribution in [-0.4, -0.2) is 36.1 Å². The van der Waals surface area contributed by atoms with Crippen LogP contribution in [0.4, 0.5) is 23.7 Å². The highest BCUT2D eigenvalue weighted by molar-refractivity contribution is 5.89. The zero-order valence-electron chi connectivity index (χ0n) is 18.0. The number of nitriles is 1. The Labute approximate surface area is 194 Å². The molecule has 6 rings (SSSR count). The zero-order valence-corrected chi connectivity index (χ0v) is 18.0. The van der Waals surface area contributed by atoms with Gasteiger partial charge in [-0.25, -0.2) is 4.79 Å². The van der Waals surface area contributed by atoms with Crippen molar-refractivity contribution in [2.24, 2.45) is 0 Å². The molecule has 0 spiro atoms. The molecule has 3 aliphatic heterocycles. The van der Waals surface area contributed by atoms with Gasteiger partial charge in [-0.2, -0.15) is 18.4 Å². The van der Waals surface area contributed by atoms with Gasteiger partial charge < -0.3 is 15.5 Å². The molecule has 3 aromatic rings. The fourth-order valence-corrected chi connectivity index (χ4v) is 4.74. The smallest absolute Gasteiger partial charge is 0.321 e. The van der Waals surface area contributed by atoms with E-state index in [9.17, 15) is 18.0 Å². The molecule has 3 heterocycles. The molecule has 3 aliphatic rings. The Bertz CT molecular complexity index is 1220. The van der Waals surface area contributed by atoms with Crippen molar-refractivity contribution in [2.45, 2.75) is 24.2 Å². The summed E-state index contributed by atoms with van der Waals surface area (Å²) in [4.78, 5) is 14.4. The molecule has 34 heavy (non-hydrogen) atoms. The molecule has 3 atom stereocenters. The van der Waals surface area contributed by atoms with Crippen molar-refractivity contribution in [3.8, 4) is 17.2 Å². The first kappa shape index (κ1) is 22.0. The normalized spacial score (nSPS) is 21.4. The van der Waals surface area contributed by atoms with Gasteiger partial charge in [0.05, 0.1) is 17.2 Å². The monoisotopic (exact) mass is 462 g/mol. The number of nitrogens with zero attached hydrogens (tertiary/aromatic N) is 2. The van der Waals surface area contributed by atoms with Crippen LogP contribution in [0.5, 0.6) is 0 Å². The molecule has 8 heteroatoms. The molecule has 2 amide bonds. The molecule has 172 valence electrons. The molecule has 3 saturated heterocycles. The fraction of sp³-hybridized carbons (Fsp3) is 0.231. The Kier molecular flexibility index (Phi) is 5.50. The average Bonchev–Trinajstić information content (AvgIpc) is 2.84. The maximum Gasteiger partial charge on any atom is 0.416 e. The van der Waals surface area contributed by atoms with Gasteiger partial charge in [0.2, 0.25) is 0 Å². The highest BCUT2D eigenvalue weighted by Crippen LogP contribution is 2.38. The second-order valence-electron chi connectivity index (χ2n) is 8.63. The summed E-state index contributed by atoms with van der Waals surface area (Å²) < 4.78 is 38.2. The minimum atomic E-state index is -4.41. The average molecular weight is 462 g/mol. The van der Waals surface area contributed by atoms with E-state index in [1.807, 2.05) is 12.1 Å². The Morgan fingerprint density at radius 3 is 2.00 bits per heavy atom. The van der Waals surface area contributed by atoms with Crippen LogP contribution in [0.3, 0.4) is 0 Å². The highest BCUT2D eigenvalue weighted by atomic mass is 19.4. The lowest BCUT2D eigenvalue weighted by Crippen LogP contribution is -2.72. The Morgan fingerprint density at radius 1 is 0.912 bits per heavy atom. The summed E-state index contributed by atoms with van der Waals surface area (Å²) >= 11 is 0. The number of piperazine rings is 1. The van der Waals surface area contributed by atoms with E-state index in [2.05, 4.69) is 41.0 Å². The number of fused-ring (bicyclic) bond motifs is 2. The number of hydrogen-bond donors (Lipinski definition) is 2. The van der Waals surface area contributed by atoms with Gasteiger partial charge in [0.1, 0.15) is 0 Å². The van der Waals surface area contributed by atoms with E-state index in [-0.39, 0.29) is 18.1 Å². The first-order valence-electron chi connectivity index (χ1n) is 10.9. The molecule has 0 aliphatic carbocycles. The van der Waals surface area contributed by atoms with Gasteiger partial charge in [0.15, 0.2) is 0 Å². The molecule has 0 aromatic heterocycles. The number of anilines is 1. The molecular formula is C26H21F3N4O. The fourth-order valence-electron chi connectivity index (χ4n) is 4.74. The van der Waals surface area contributed by atoms with E-state index >= 15 is 0 Å². The molecule has 2 bridgehead atoms. The number of carbonyl (C=O) groups excluding carboxylic acids is 1. The summed E-state index contributed by atoms with van der Waals surface area (Å²) in [5, 5.41) is 15.1. The van der Waals surface area contributed by atoms with Crippen molar-refractivity contribution < 1.29 is 18.0 Å². The van der Waals surface area contributed by atoms with Crippen molar-refractivity contribution in [1.29, 1.82) is 5.26 Å². The van der Waals surface area contributed by atoms with Crippen LogP contribution in [0.1, 0.15) is 22.6 Å². The van der Waals surface area contributed by atoms with Crippen molar-refractivity contribution in [2.75, 3.05) is 18.4 Å². The van der Waals surface area contributed by atoms with E-state index in [1.54, 1.807) is 17.0 Å². The van der Waals surface area contributed by atoms with Crippen LogP contribution in [0, 0.1) is 11.3 Å². The molecule has 1 unspecified atom stereocenters. The second-order valence-corrected chi connectivity index (χ2v) is 8.63. The molecule has 5 nitrogen and oxygen atoms in total. The minimum Gasteiger partial charge on any atom is -0.321 e. The van der Waals surface area contributed by atoms with Gasteiger partial charge in [0.25, 0.3) is 0 Å². The number of benzene rings is 3. The van der Waals surface area contributed by atoms with Crippen LogP contribution in [0.25, 0.3) is 11.1 Å². The summed E-state index contributed by atoms with van der Waals surface area (Å²) in [7, 11) is 0. The minimum absolute atomic E-state index is 0.123. The first-order valence-corrected chi connectivity index (χ1v) is 10.9. The molecular weight excluding hydrogens is 441 g/mol. The second kappa shape index (κ2) is 8.50. The maximum atomic E-state index is 12.7. The summed E-state index contributed by atoms with van der Waals surface area (Å²) in [6.45, 7) is 1.04. The largest absolute Gasteiger partial charge is 0.416 e. The van der Waals surface area contributed by atoms with Gasteiger partial charge in [-0.15, -0.1) is 0 Å². The van der Waals surface area contributed by atoms with Crippen LogP contribution in [0.2, 0.25) is 0 Å². The molecule has 0 saturated carbocycles. The number of rotatable bonds is 3. The van der Waals surface area contributed by atoms with Gasteiger partial charge in [-0.05, 0) is 53.1 Å². The topological polar surface area (TPSA) is 68.2 Å². The van der Waals surface area contributed by atoms with Crippen LogP contribution < -0.4 is 10.6 Å². The number of piperidine rings is 1. The predicted molar refractivity (Wildman–Crippen MR) is 122 cm³/mol. The first-order chi connectivity index (χ1) is 16.3. The Hall–Kier alpha value is -3.83. The zero-order chi connectivity index (χ0) is 23.9. The van der Waals surface area contributed by atoms with Crippen molar-refractivity contribution in [3.05, 3.63) is 89.5 Å². The predicted octanol–water partition coefficient (Wildman–Crippen LogP) is 5.22. The molecule has 3 fully saturated rings. The summed E-state index contributed by atoms with van der Waals surface area (Å²) in [6.07, 6.45) is -4.41. The third-order valence-corrected chi connectivity index (χ3v) is 6.52. The van der Waals surface area contributed by atoms with Crippen molar-refractivity contribution in [1.82, 2.24) is 10.2 Å². The van der Waals surface area contributed by atoms with Gasteiger partial charge >= 0.3 is 12.2 Å². The number of hydrogen-bond acceptors (Lipinski definition) is 3. The highest BCUT2D eigenvalue weighted by Gasteiger charge is 2.48. The third-order valence-electron chi connectivity index (χ3n) is 6.52. The van der Waals surface area contributed by atoms with Crippen LogP contribution >= 0.6 is 0 Å². The number of carbonyl (C=O) groups is 1. The van der Waals surface area contributed by atoms with Crippen LogP contribution in [-0.2, 0) is 6.18 Å². The lowest BCUT2D eigenvalue weighted by atomic mass is 9.74. The number of halogens is 3. The number of amides is 2. The lowest BCUT2D eigenvalue weighted by Gasteiger charge is -2.54. The van der Waals surface area contributed by atoms with Crippen LogP contribution in [0.15, 0.2) is 72.8 Å². The van der Waals surface area contributed by atoms with Gasteiger partial charge in [0, 0.05) is 36.8 Å². The SMILES string of the molecule is N#Cc1ccc(-c2ccc(C3[C@@H]4CN(C(=O)Nc5ccc(C(F)(F)F)cc5)C[C@H]3N4)cc2)cc1. The number of alkyl halides is 3. The Balaban J connectivity index is 1.20. The van der Waals surface area contributed by atoms with E-state index < -0.39 is 11.7 Å². The standard InChI is InChI=1S/C26H21F3N4O/c27-26(28,29)20-9-11-21(12-10-20)31-25(34)33-14-22-24(23(15-33)32-22)19-7-5-18(6-8-19)17-3-1-16(13-30)2-4-17/h1-12,22-24,32H,14-15H2,(H,31,34)/t22-,23+,24?.